The average Bonchev–Trinajstić information content (AvgIpc) is 2.48. The van der Waals surface area contributed by atoms with Crippen molar-refractivity contribution in [2.75, 3.05) is 23.9 Å². The Labute approximate surface area is 132 Å². The number of nitrogen functional groups attached to an aromatic ring is 1. The van der Waals surface area contributed by atoms with E-state index in [4.69, 9.17) is 22.1 Å². The Morgan fingerprint density at radius 3 is 2.81 bits per heavy atom. The number of benzene rings is 2. The second-order valence-electron chi connectivity index (χ2n) is 4.23. The van der Waals surface area contributed by atoms with Crippen molar-refractivity contribution in [3.05, 3.63) is 47.5 Å². The fourth-order valence-electron chi connectivity index (χ4n) is 1.70. The van der Waals surface area contributed by atoms with Crippen LogP contribution in [0.5, 0.6) is 5.75 Å². The molecular weight excluding hydrogens is 308 g/mol. The van der Waals surface area contributed by atoms with Crippen LogP contribution in [0.2, 0.25) is 5.02 Å². The molecule has 0 radical (unpaired) electrons. The van der Waals surface area contributed by atoms with Crippen molar-refractivity contribution in [3.8, 4) is 5.75 Å². The quantitative estimate of drug-likeness (QED) is 0.651. The van der Waals surface area contributed by atoms with Gasteiger partial charge < -0.3 is 15.8 Å². The van der Waals surface area contributed by atoms with Gasteiger partial charge in [0.15, 0.2) is 0 Å². The van der Waals surface area contributed by atoms with Crippen LogP contribution in [0.3, 0.4) is 0 Å². The molecule has 2 aromatic carbocycles. The monoisotopic (exact) mass is 322 g/mol. The van der Waals surface area contributed by atoms with Crippen LogP contribution in [0.25, 0.3) is 0 Å². The number of rotatable bonds is 5. The van der Waals surface area contributed by atoms with E-state index in [0.717, 1.165) is 4.90 Å². The molecule has 0 bridgehead atoms. The van der Waals surface area contributed by atoms with Gasteiger partial charge in [-0.2, -0.15) is 0 Å². The van der Waals surface area contributed by atoms with Crippen molar-refractivity contribution in [1.82, 2.24) is 0 Å². The molecule has 2 aromatic rings. The lowest BCUT2D eigenvalue weighted by molar-refractivity contribution is -0.113. The molecule has 0 aromatic heterocycles. The standard InChI is InChI=1S/C15H15ClN2O2S/c1-20-13-8-10(17)6-7-12(13)18-15(19)9-21-14-5-3-2-4-11(14)16/h2-8H,9,17H2,1H3,(H,18,19). The maximum absolute atomic E-state index is 12.0. The number of nitrogens with two attached hydrogens (primary N) is 1. The predicted octanol–water partition coefficient (Wildman–Crippen LogP) is 3.66. The van der Waals surface area contributed by atoms with Crippen molar-refractivity contribution in [2.24, 2.45) is 0 Å². The van der Waals surface area contributed by atoms with Crippen LogP contribution in [-0.2, 0) is 4.79 Å². The van der Waals surface area contributed by atoms with Crippen LogP contribution in [-0.4, -0.2) is 18.8 Å². The molecule has 1 amide bonds. The summed E-state index contributed by atoms with van der Waals surface area (Å²) in [4.78, 5) is 12.9. The van der Waals surface area contributed by atoms with Crippen molar-refractivity contribution in [3.63, 3.8) is 0 Å². The van der Waals surface area contributed by atoms with Gasteiger partial charge in [0.1, 0.15) is 5.75 Å². The lowest BCUT2D eigenvalue weighted by Gasteiger charge is -2.11. The number of carbonyl (C=O) groups is 1. The smallest absolute Gasteiger partial charge is 0.234 e. The van der Waals surface area contributed by atoms with E-state index >= 15 is 0 Å². The van der Waals surface area contributed by atoms with E-state index in [9.17, 15) is 4.79 Å². The maximum atomic E-state index is 12.0. The van der Waals surface area contributed by atoms with Gasteiger partial charge in [0.25, 0.3) is 0 Å². The van der Waals surface area contributed by atoms with Gasteiger partial charge in [0.05, 0.1) is 23.6 Å². The summed E-state index contributed by atoms with van der Waals surface area (Å²) in [5.41, 5.74) is 6.85. The van der Waals surface area contributed by atoms with E-state index in [2.05, 4.69) is 5.32 Å². The summed E-state index contributed by atoms with van der Waals surface area (Å²) in [5.74, 6) is 0.658. The number of thioether (sulfide) groups is 1. The second-order valence-corrected chi connectivity index (χ2v) is 5.65. The first kappa shape index (κ1) is 15.5. The average molecular weight is 323 g/mol. The summed E-state index contributed by atoms with van der Waals surface area (Å²) in [6, 6.07) is 12.5. The number of nitrogens with one attached hydrogen (secondary N) is 1. The molecule has 0 atom stereocenters. The van der Waals surface area contributed by atoms with E-state index in [1.165, 1.54) is 18.9 Å². The van der Waals surface area contributed by atoms with Gasteiger partial charge in [0.2, 0.25) is 5.91 Å². The number of amides is 1. The van der Waals surface area contributed by atoms with E-state index < -0.39 is 0 Å². The third kappa shape index (κ3) is 4.31. The van der Waals surface area contributed by atoms with Crippen molar-refractivity contribution < 1.29 is 9.53 Å². The number of methoxy groups -OCH3 is 1. The molecule has 4 nitrogen and oxygen atoms in total. The Hall–Kier alpha value is -1.85. The first-order valence-electron chi connectivity index (χ1n) is 6.21. The molecule has 0 saturated heterocycles. The molecule has 0 aliphatic rings. The minimum absolute atomic E-state index is 0.136. The topological polar surface area (TPSA) is 64.3 Å². The molecule has 21 heavy (non-hydrogen) atoms. The number of ether oxygens (including phenoxy) is 1. The van der Waals surface area contributed by atoms with Gasteiger partial charge in [0, 0.05) is 16.6 Å². The first-order chi connectivity index (χ1) is 10.1. The van der Waals surface area contributed by atoms with Crippen molar-refractivity contribution in [1.29, 1.82) is 0 Å². The summed E-state index contributed by atoms with van der Waals surface area (Å²) in [6.07, 6.45) is 0. The molecule has 0 aliphatic heterocycles. The summed E-state index contributed by atoms with van der Waals surface area (Å²) in [7, 11) is 1.53. The SMILES string of the molecule is COc1cc(N)ccc1NC(=O)CSc1ccccc1Cl. The van der Waals surface area contributed by atoms with Crippen LogP contribution < -0.4 is 15.8 Å². The molecule has 0 saturated carbocycles. The molecule has 3 N–H and O–H groups in total. The van der Waals surface area contributed by atoms with E-state index in [1.807, 2.05) is 18.2 Å². The van der Waals surface area contributed by atoms with Crippen LogP contribution in [0, 0.1) is 0 Å². The van der Waals surface area contributed by atoms with E-state index in [0.29, 0.717) is 22.1 Å². The van der Waals surface area contributed by atoms with Gasteiger partial charge in [-0.05, 0) is 24.3 Å². The zero-order chi connectivity index (χ0) is 15.2. The fourth-order valence-corrected chi connectivity index (χ4v) is 2.74. The van der Waals surface area contributed by atoms with Gasteiger partial charge in [-0.15, -0.1) is 11.8 Å². The molecule has 0 spiro atoms. The van der Waals surface area contributed by atoms with E-state index in [-0.39, 0.29) is 11.7 Å². The highest BCUT2D eigenvalue weighted by atomic mass is 35.5. The lowest BCUT2D eigenvalue weighted by Crippen LogP contribution is -2.14. The lowest BCUT2D eigenvalue weighted by atomic mass is 10.2. The Kier molecular flexibility index (Phi) is 5.36. The zero-order valence-electron chi connectivity index (χ0n) is 11.4. The molecule has 0 fully saturated rings. The van der Waals surface area contributed by atoms with Crippen molar-refractivity contribution >= 4 is 40.6 Å². The molecule has 6 heteroatoms. The highest BCUT2D eigenvalue weighted by Crippen LogP contribution is 2.29. The normalized spacial score (nSPS) is 10.2. The van der Waals surface area contributed by atoms with Crippen LogP contribution in [0.15, 0.2) is 47.4 Å². The van der Waals surface area contributed by atoms with Gasteiger partial charge in [-0.1, -0.05) is 23.7 Å². The Morgan fingerprint density at radius 1 is 1.33 bits per heavy atom. The minimum Gasteiger partial charge on any atom is -0.494 e. The summed E-state index contributed by atoms with van der Waals surface area (Å²) in [5, 5.41) is 3.43. The molecule has 110 valence electrons. The Balaban J connectivity index is 1.98. The van der Waals surface area contributed by atoms with Gasteiger partial charge in [-0.3, -0.25) is 4.79 Å². The van der Waals surface area contributed by atoms with Crippen LogP contribution >= 0.6 is 23.4 Å². The highest BCUT2D eigenvalue weighted by molar-refractivity contribution is 8.00. The largest absolute Gasteiger partial charge is 0.494 e. The second kappa shape index (κ2) is 7.24. The number of hydrogen-bond acceptors (Lipinski definition) is 4. The summed E-state index contributed by atoms with van der Waals surface area (Å²) < 4.78 is 5.19. The van der Waals surface area contributed by atoms with Gasteiger partial charge in [-0.25, -0.2) is 0 Å². The third-order valence-electron chi connectivity index (χ3n) is 2.70. The number of halogens is 1. The molecular formula is C15H15ClN2O2S. The molecule has 0 aliphatic carbocycles. The number of anilines is 2. The van der Waals surface area contributed by atoms with Crippen LogP contribution in [0.1, 0.15) is 0 Å². The Morgan fingerprint density at radius 2 is 2.10 bits per heavy atom. The third-order valence-corrected chi connectivity index (χ3v) is 4.21. The van der Waals surface area contributed by atoms with E-state index in [1.54, 1.807) is 24.3 Å². The first-order valence-corrected chi connectivity index (χ1v) is 7.57. The summed E-state index contributed by atoms with van der Waals surface area (Å²) >= 11 is 7.43. The molecule has 0 unspecified atom stereocenters. The maximum Gasteiger partial charge on any atom is 0.234 e. The summed E-state index contributed by atoms with van der Waals surface area (Å²) in [6.45, 7) is 0. The molecule has 2 rings (SSSR count). The van der Waals surface area contributed by atoms with Crippen LogP contribution in [0.4, 0.5) is 11.4 Å². The highest BCUT2D eigenvalue weighted by Gasteiger charge is 2.09. The fraction of sp³-hybridized carbons (Fsp3) is 0.133. The molecule has 0 heterocycles. The Bertz CT molecular complexity index is 649. The van der Waals surface area contributed by atoms with Gasteiger partial charge >= 0.3 is 0 Å². The number of hydrogen-bond donors (Lipinski definition) is 2. The predicted molar refractivity (Wildman–Crippen MR) is 88.2 cm³/mol. The zero-order valence-corrected chi connectivity index (χ0v) is 13.0. The number of carbonyl (C=O) groups excluding carboxylic acids is 1. The minimum atomic E-state index is -0.136. The van der Waals surface area contributed by atoms with Crippen molar-refractivity contribution in [2.45, 2.75) is 4.90 Å².